The van der Waals surface area contributed by atoms with Gasteiger partial charge in [-0.2, -0.15) is 0 Å². The van der Waals surface area contributed by atoms with Crippen LogP contribution in [0.5, 0.6) is 0 Å². The molecule has 1 aromatic carbocycles. The van der Waals surface area contributed by atoms with Gasteiger partial charge in [-0.05, 0) is 45.0 Å². The zero-order valence-corrected chi connectivity index (χ0v) is 14.5. The van der Waals surface area contributed by atoms with E-state index in [4.69, 9.17) is 24.5 Å². The van der Waals surface area contributed by atoms with E-state index in [1.807, 2.05) is 7.05 Å². The van der Waals surface area contributed by atoms with Gasteiger partial charge in [0, 0.05) is 17.4 Å². The lowest BCUT2D eigenvalue weighted by Gasteiger charge is -2.23. The van der Waals surface area contributed by atoms with Crippen LogP contribution in [-0.4, -0.2) is 46.9 Å². The van der Waals surface area contributed by atoms with E-state index < -0.39 is 11.9 Å². The van der Waals surface area contributed by atoms with E-state index in [2.05, 4.69) is 41.1 Å². The maximum atomic E-state index is 9.10. The number of para-hydroxylation sites is 1. The van der Waals surface area contributed by atoms with Crippen LogP contribution >= 0.6 is 0 Å². The third-order valence-corrected chi connectivity index (χ3v) is 4.22. The van der Waals surface area contributed by atoms with Crippen LogP contribution in [0.1, 0.15) is 30.7 Å². The van der Waals surface area contributed by atoms with Crippen molar-refractivity contribution in [2.24, 2.45) is 0 Å². The van der Waals surface area contributed by atoms with Crippen LogP contribution in [0.4, 0.5) is 0 Å². The van der Waals surface area contributed by atoms with E-state index in [-0.39, 0.29) is 6.10 Å². The van der Waals surface area contributed by atoms with Crippen molar-refractivity contribution < 1.29 is 24.5 Å². The van der Waals surface area contributed by atoms with Crippen molar-refractivity contribution >= 4 is 22.8 Å². The molecule has 7 nitrogen and oxygen atoms in total. The van der Waals surface area contributed by atoms with Gasteiger partial charge in [0.05, 0.1) is 18.4 Å². The van der Waals surface area contributed by atoms with Crippen LogP contribution in [0.2, 0.25) is 0 Å². The quantitative estimate of drug-likeness (QED) is 0.577. The number of fused-ring (bicyclic) bond motifs is 3. The molecule has 1 aliphatic rings. The Hall–Kier alpha value is -2.38. The fourth-order valence-electron chi connectivity index (χ4n) is 3.19. The van der Waals surface area contributed by atoms with Gasteiger partial charge in [0.15, 0.2) is 0 Å². The normalized spacial score (nSPS) is 16.0. The molecule has 2 heterocycles. The molecule has 25 heavy (non-hydrogen) atoms. The largest absolute Gasteiger partial charge is 0.473 e. The van der Waals surface area contributed by atoms with Crippen molar-refractivity contribution in [2.45, 2.75) is 32.4 Å². The zero-order valence-electron chi connectivity index (χ0n) is 14.5. The highest BCUT2D eigenvalue weighted by Gasteiger charge is 2.24. The number of carboxylic acid groups (broad SMARTS) is 2. The van der Waals surface area contributed by atoms with Gasteiger partial charge in [0.1, 0.15) is 0 Å². The lowest BCUT2D eigenvalue weighted by molar-refractivity contribution is -0.159. The third kappa shape index (κ3) is 4.37. The van der Waals surface area contributed by atoms with E-state index in [0.29, 0.717) is 0 Å². The van der Waals surface area contributed by atoms with Gasteiger partial charge in [-0.25, -0.2) is 9.59 Å². The Labute approximate surface area is 146 Å². The summed E-state index contributed by atoms with van der Waals surface area (Å²) in [5, 5.41) is 19.4. The SMILES string of the molecule is CNCCCn1c2c(c3ccccc31)CCOC2C.O=C(O)C(=O)O. The van der Waals surface area contributed by atoms with Crippen molar-refractivity contribution in [3.8, 4) is 0 Å². The minimum atomic E-state index is -1.82. The Morgan fingerprint density at radius 3 is 2.60 bits per heavy atom. The summed E-state index contributed by atoms with van der Waals surface area (Å²) in [6, 6.07) is 8.76. The first kappa shape index (κ1) is 19.0. The molecule has 0 bridgehead atoms. The summed E-state index contributed by atoms with van der Waals surface area (Å²) in [4.78, 5) is 18.2. The molecule has 136 valence electrons. The summed E-state index contributed by atoms with van der Waals surface area (Å²) in [5.74, 6) is -3.65. The first-order valence-corrected chi connectivity index (χ1v) is 8.29. The molecule has 1 aliphatic heterocycles. The third-order valence-electron chi connectivity index (χ3n) is 4.22. The van der Waals surface area contributed by atoms with Crippen molar-refractivity contribution in [3.63, 3.8) is 0 Å². The van der Waals surface area contributed by atoms with E-state index >= 15 is 0 Å². The Morgan fingerprint density at radius 2 is 1.96 bits per heavy atom. The lowest BCUT2D eigenvalue weighted by Crippen LogP contribution is -2.18. The Morgan fingerprint density at radius 1 is 1.28 bits per heavy atom. The number of hydrogen-bond acceptors (Lipinski definition) is 4. The Kier molecular flexibility index (Phi) is 6.55. The molecular weight excluding hydrogens is 324 g/mol. The average molecular weight is 348 g/mol. The van der Waals surface area contributed by atoms with Gasteiger partial charge in [0.2, 0.25) is 0 Å². The number of carbonyl (C=O) groups is 2. The van der Waals surface area contributed by atoms with Crippen LogP contribution in [0.15, 0.2) is 24.3 Å². The summed E-state index contributed by atoms with van der Waals surface area (Å²) >= 11 is 0. The highest BCUT2D eigenvalue weighted by atomic mass is 16.5. The second kappa shape index (κ2) is 8.64. The molecule has 1 unspecified atom stereocenters. The molecule has 3 N–H and O–H groups in total. The van der Waals surface area contributed by atoms with Gasteiger partial charge in [0.25, 0.3) is 0 Å². The first-order valence-electron chi connectivity index (χ1n) is 8.29. The number of nitrogens with zero attached hydrogens (tertiary/aromatic N) is 1. The fraction of sp³-hybridized carbons (Fsp3) is 0.444. The first-order chi connectivity index (χ1) is 12.0. The zero-order chi connectivity index (χ0) is 18.4. The van der Waals surface area contributed by atoms with Gasteiger partial charge < -0.3 is 24.8 Å². The van der Waals surface area contributed by atoms with Crippen molar-refractivity contribution in [1.82, 2.24) is 9.88 Å². The summed E-state index contributed by atoms with van der Waals surface area (Å²) < 4.78 is 8.31. The molecule has 0 aliphatic carbocycles. The Balaban J connectivity index is 0.000000326. The maximum Gasteiger partial charge on any atom is 0.414 e. The van der Waals surface area contributed by atoms with Crippen LogP contribution in [0, 0.1) is 0 Å². The number of ether oxygens (including phenoxy) is 1. The topological polar surface area (TPSA) is 101 Å². The lowest BCUT2D eigenvalue weighted by atomic mass is 10.0. The fourth-order valence-corrected chi connectivity index (χ4v) is 3.19. The standard InChI is InChI=1S/C16H22N2O.C2H2O4/c1-12-16-14(8-11-19-12)13-6-3-4-7-15(13)18(16)10-5-9-17-2;3-1(4)2(5)6/h3-4,6-7,12,17H,5,8-11H2,1-2H3;(H,3,4)(H,5,6). The number of benzene rings is 1. The molecule has 0 spiro atoms. The number of nitrogens with one attached hydrogen (secondary N) is 1. The maximum absolute atomic E-state index is 9.10. The number of rotatable bonds is 4. The van der Waals surface area contributed by atoms with Crippen LogP contribution < -0.4 is 5.32 Å². The number of hydrogen-bond donors (Lipinski definition) is 3. The molecule has 0 saturated heterocycles. The molecule has 0 radical (unpaired) electrons. The predicted molar refractivity (Wildman–Crippen MR) is 93.8 cm³/mol. The number of aliphatic carboxylic acids is 2. The molecule has 2 aromatic rings. The molecule has 0 amide bonds. The molecule has 1 aromatic heterocycles. The molecule has 0 fully saturated rings. The molecule has 1 atom stereocenters. The minimum absolute atomic E-state index is 0.214. The van der Waals surface area contributed by atoms with Crippen LogP contribution in [0.25, 0.3) is 10.9 Å². The van der Waals surface area contributed by atoms with Gasteiger partial charge in [-0.15, -0.1) is 0 Å². The van der Waals surface area contributed by atoms with Crippen LogP contribution in [0.3, 0.4) is 0 Å². The van der Waals surface area contributed by atoms with E-state index in [1.54, 1.807) is 0 Å². The minimum Gasteiger partial charge on any atom is -0.473 e. The van der Waals surface area contributed by atoms with Crippen molar-refractivity contribution in [1.29, 1.82) is 0 Å². The van der Waals surface area contributed by atoms with Gasteiger partial charge >= 0.3 is 11.9 Å². The number of aryl methyl sites for hydroxylation is 1. The van der Waals surface area contributed by atoms with Gasteiger partial charge in [-0.3, -0.25) is 0 Å². The van der Waals surface area contributed by atoms with Crippen LogP contribution in [-0.2, 0) is 27.3 Å². The molecule has 3 rings (SSSR count). The molecule has 7 heteroatoms. The van der Waals surface area contributed by atoms with E-state index in [9.17, 15) is 0 Å². The number of aromatic nitrogens is 1. The van der Waals surface area contributed by atoms with E-state index in [1.165, 1.54) is 22.2 Å². The van der Waals surface area contributed by atoms with Crippen molar-refractivity contribution in [3.05, 3.63) is 35.5 Å². The van der Waals surface area contributed by atoms with Crippen molar-refractivity contribution in [2.75, 3.05) is 20.2 Å². The predicted octanol–water partition coefficient (Wildman–Crippen LogP) is 2.04. The second-order valence-electron chi connectivity index (χ2n) is 5.86. The summed E-state index contributed by atoms with van der Waals surface area (Å²) in [6.45, 7) is 5.13. The summed E-state index contributed by atoms with van der Waals surface area (Å²) in [7, 11) is 2.01. The van der Waals surface area contributed by atoms with E-state index in [0.717, 1.165) is 32.5 Å². The summed E-state index contributed by atoms with van der Waals surface area (Å²) in [5.41, 5.74) is 4.25. The second-order valence-corrected chi connectivity index (χ2v) is 5.86. The Bertz CT molecular complexity index is 741. The van der Waals surface area contributed by atoms with Gasteiger partial charge in [-0.1, -0.05) is 18.2 Å². The smallest absolute Gasteiger partial charge is 0.414 e. The number of carboxylic acids is 2. The monoisotopic (exact) mass is 348 g/mol. The highest BCUT2D eigenvalue weighted by Crippen LogP contribution is 2.35. The molecular formula is C18H24N2O5. The molecule has 0 saturated carbocycles. The summed E-state index contributed by atoms with van der Waals surface area (Å²) in [6.07, 6.45) is 2.40. The highest BCUT2D eigenvalue weighted by molar-refractivity contribution is 6.27. The average Bonchev–Trinajstić information content (AvgIpc) is 2.91.